The number of imide groups is 1. The molecule has 1 N–H and O–H groups in total. The van der Waals surface area contributed by atoms with Crippen LogP contribution in [0.2, 0.25) is 0 Å². The number of nitrogens with one attached hydrogen (secondary N) is 1. The number of hydrogen-bond acceptors (Lipinski definition) is 10. The van der Waals surface area contributed by atoms with Gasteiger partial charge in [0, 0.05) is 74.1 Å². The molecule has 0 spiro atoms. The van der Waals surface area contributed by atoms with Crippen molar-refractivity contribution in [1.29, 1.82) is 5.26 Å². The number of piperazine rings is 1. The van der Waals surface area contributed by atoms with Crippen LogP contribution in [0.25, 0.3) is 21.9 Å². The molecular formula is C43H39N5O7S. The Morgan fingerprint density at radius 2 is 1.57 bits per heavy atom. The lowest BCUT2D eigenvalue weighted by atomic mass is 9.98. The number of ether oxygens (including phenoxy) is 2. The van der Waals surface area contributed by atoms with Gasteiger partial charge in [0.05, 0.1) is 16.5 Å². The van der Waals surface area contributed by atoms with E-state index in [1.807, 2.05) is 60.7 Å². The Bertz CT molecular complexity index is 2510. The molecule has 0 aliphatic carbocycles. The Balaban J connectivity index is 0.866. The fraction of sp³-hybridized carbons (Fsp3) is 0.256. The lowest BCUT2D eigenvalue weighted by Crippen LogP contribution is -2.52. The molecule has 3 aliphatic heterocycles. The molecule has 1 unspecified atom stereocenters. The molecule has 0 aromatic heterocycles. The van der Waals surface area contributed by atoms with Crippen molar-refractivity contribution in [1.82, 2.24) is 15.1 Å². The molecule has 1 atom stereocenters. The quantitative estimate of drug-likeness (QED) is 0.180. The van der Waals surface area contributed by atoms with Gasteiger partial charge < -0.3 is 19.3 Å². The fourth-order valence-electron chi connectivity index (χ4n) is 7.59. The molecule has 0 radical (unpaired) electrons. The molecule has 13 heteroatoms. The molecule has 0 saturated carbocycles. The number of carbonyl (C=O) groups excluding carboxylic acids is 3. The van der Waals surface area contributed by atoms with Crippen LogP contribution in [0.15, 0.2) is 102 Å². The Morgan fingerprint density at radius 3 is 2.29 bits per heavy atom. The first kappa shape index (κ1) is 36.7. The smallest absolute Gasteiger partial charge is 0.255 e. The molecule has 3 amide bonds. The minimum atomic E-state index is -3.35. The molecule has 3 aliphatic rings. The molecule has 5 aromatic rings. The van der Waals surface area contributed by atoms with Gasteiger partial charge in [-0.05, 0) is 102 Å². The molecule has 12 nitrogen and oxygen atoms in total. The van der Waals surface area contributed by atoms with Gasteiger partial charge in [-0.25, -0.2) is 8.42 Å². The summed E-state index contributed by atoms with van der Waals surface area (Å²) in [4.78, 5) is 43.6. The van der Waals surface area contributed by atoms with Crippen LogP contribution < -0.4 is 19.7 Å². The predicted octanol–water partition coefficient (Wildman–Crippen LogP) is 5.54. The second kappa shape index (κ2) is 15.1. The molecule has 56 heavy (non-hydrogen) atoms. The second-order valence-corrected chi connectivity index (χ2v) is 16.3. The highest BCUT2D eigenvalue weighted by molar-refractivity contribution is 7.90. The molecule has 3 heterocycles. The summed E-state index contributed by atoms with van der Waals surface area (Å²) in [5.74, 6) is 1.03. The third-order valence-corrected chi connectivity index (χ3v) is 11.8. The van der Waals surface area contributed by atoms with Crippen LogP contribution in [0.1, 0.15) is 34.3 Å². The van der Waals surface area contributed by atoms with Gasteiger partial charge in [0.2, 0.25) is 11.8 Å². The van der Waals surface area contributed by atoms with E-state index < -0.39 is 21.8 Å². The standard InChI is InChI=1S/C43H39N5O7S/c1-56(52,53)35-11-3-29(4-12-35)36-14-5-30-24-28(26-44)2-13-37(30)41(36)55-34-9-7-33(8-10-34)54-23-22-46-18-20-47(21-19-46)32-6-15-38-31(25-32)27-48(43(38)51)39-16-17-40(49)45-42(39)50/h2-15,24-25,39H,16-23,27H2,1H3,(H,45,49,50). The van der Waals surface area contributed by atoms with Gasteiger partial charge in [-0.15, -0.1) is 0 Å². The van der Waals surface area contributed by atoms with E-state index in [1.54, 1.807) is 35.2 Å². The Morgan fingerprint density at radius 1 is 0.839 bits per heavy atom. The van der Waals surface area contributed by atoms with E-state index >= 15 is 0 Å². The maximum absolute atomic E-state index is 13.1. The van der Waals surface area contributed by atoms with Crippen molar-refractivity contribution < 1.29 is 32.3 Å². The summed E-state index contributed by atoms with van der Waals surface area (Å²) < 4.78 is 36.7. The van der Waals surface area contributed by atoms with E-state index in [9.17, 15) is 28.1 Å². The number of nitrogens with zero attached hydrogens (tertiary/aromatic N) is 4. The van der Waals surface area contributed by atoms with Gasteiger partial charge in [-0.1, -0.05) is 18.2 Å². The van der Waals surface area contributed by atoms with Crippen molar-refractivity contribution in [3.05, 3.63) is 114 Å². The molecule has 0 bridgehead atoms. The number of benzene rings is 5. The molecular weight excluding hydrogens is 731 g/mol. The lowest BCUT2D eigenvalue weighted by molar-refractivity contribution is -0.136. The Kier molecular flexibility index (Phi) is 9.92. The zero-order valence-electron chi connectivity index (χ0n) is 30.7. The van der Waals surface area contributed by atoms with Gasteiger partial charge in [0.1, 0.15) is 29.9 Å². The Hall–Kier alpha value is -6.23. The summed E-state index contributed by atoms with van der Waals surface area (Å²) in [6.07, 6.45) is 1.75. The van der Waals surface area contributed by atoms with Crippen LogP contribution in [0.3, 0.4) is 0 Å². The molecule has 8 rings (SSSR count). The average Bonchev–Trinajstić information content (AvgIpc) is 3.53. The fourth-order valence-corrected chi connectivity index (χ4v) is 8.22. The van der Waals surface area contributed by atoms with Gasteiger partial charge in [0.25, 0.3) is 5.91 Å². The first-order valence-corrected chi connectivity index (χ1v) is 20.4. The van der Waals surface area contributed by atoms with Crippen molar-refractivity contribution >= 4 is 44.0 Å². The van der Waals surface area contributed by atoms with E-state index in [0.717, 1.165) is 65.9 Å². The largest absolute Gasteiger partial charge is 0.492 e. The highest BCUT2D eigenvalue weighted by atomic mass is 32.2. The molecule has 2 saturated heterocycles. The molecule has 5 aromatic carbocycles. The Labute approximate surface area is 324 Å². The highest BCUT2D eigenvalue weighted by Gasteiger charge is 2.39. The van der Waals surface area contributed by atoms with Crippen LogP contribution >= 0.6 is 0 Å². The third-order valence-electron chi connectivity index (χ3n) is 10.7. The number of piperidine rings is 1. The average molecular weight is 770 g/mol. The van der Waals surface area contributed by atoms with Crippen molar-refractivity contribution in [2.75, 3.05) is 50.5 Å². The number of amides is 3. The third kappa shape index (κ3) is 7.53. The van der Waals surface area contributed by atoms with Gasteiger partial charge in [0.15, 0.2) is 9.84 Å². The normalized spacial score (nSPS) is 17.4. The maximum atomic E-state index is 13.1. The number of fused-ring (bicyclic) bond motifs is 2. The number of sulfone groups is 1. The van der Waals surface area contributed by atoms with E-state index in [1.165, 1.54) is 6.26 Å². The summed E-state index contributed by atoms with van der Waals surface area (Å²) in [6.45, 7) is 4.99. The van der Waals surface area contributed by atoms with E-state index in [-0.39, 0.29) is 23.1 Å². The van der Waals surface area contributed by atoms with Crippen LogP contribution in [0.4, 0.5) is 5.69 Å². The zero-order chi connectivity index (χ0) is 39.0. The summed E-state index contributed by atoms with van der Waals surface area (Å²) in [7, 11) is -3.35. The number of hydrogen-bond donors (Lipinski definition) is 1. The van der Waals surface area contributed by atoms with Crippen molar-refractivity contribution in [3.8, 4) is 34.4 Å². The number of anilines is 1. The summed E-state index contributed by atoms with van der Waals surface area (Å²) >= 11 is 0. The van der Waals surface area contributed by atoms with E-state index in [4.69, 9.17) is 9.47 Å². The van der Waals surface area contributed by atoms with E-state index in [0.29, 0.717) is 47.9 Å². The predicted molar refractivity (Wildman–Crippen MR) is 210 cm³/mol. The summed E-state index contributed by atoms with van der Waals surface area (Å²) in [5.41, 5.74) is 4.68. The summed E-state index contributed by atoms with van der Waals surface area (Å²) in [6, 6.07) is 30.8. The van der Waals surface area contributed by atoms with Crippen LogP contribution in [0.5, 0.6) is 17.2 Å². The lowest BCUT2D eigenvalue weighted by Gasteiger charge is -2.36. The van der Waals surface area contributed by atoms with Crippen molar-refractivity contribution in [2.24, 2.45) is 0 Å². The number of rotatable bonds is 10. The number of carbonyl (C=O) groups is 3. The van der Waals surface area contributed by atoms with Crippen LogP contribution in [-0.2, 0) is 26.0 Å². The maximum Gasteiger partial charge on any atom is 0.255 e. The van der Waals surface area contributed by atoms with Crippen LogP contribution in [0, 0.1) is 11.3 Å². The number of nitriles is 1. The minimum Gasteiger partial charge on any atom is -0.492 e. The minimum absolute atomic E-state index is 0.168. The molecule has 2 fully saturated rings. The second-order valence-electron chi connectivity index (χ2n) is 14.3. The SMILES string of the molecule is CS(=O)(=O)c1ccc(-c2ccc3cc(C#N)ccc3c2Oc2ccc(OCCN3CCN(c4ccc5c(c4)CN(C4CCC(=O)NC4=O)C5=O)CC3)cc2)cc1. The first-order valence-electron chi connectivity index (χ1n) is 18.5. The van der Waals surface area contributed by atoms with Gasteiger partial charge in [-0.3, -0.25) is 24.6 Å². The van der Waals surface area contributed by atoms with Gasteiger partial charge >= 0.3 is 0 Å². The zero-order valence-corrected chi connectivity index (χ0v) is 31.6. The summed E-state index contributed by atoms with van der Waals surface area (Å²) in [5, 5.41) is 13.5. The van der Waals surface area contributed by atoms with Gasteiger partial charge in [-0.2, -0.15) is 5.26 Å². The van der Waals surface area contributed by atoms with Crippen molar-refractivity contribution in [2.45, 2.75) is 30.3 Å². The topological polar surface area (TPSA) is 149 Å². The monoisotopic (exact) mass is 769 g/mol. The van der Waals surface area contributed by atoms with Crippen LogP contribution in [-0.4, -0.2) is 87.6 Å². The molecule has 284 valence electrons. The highest BCUT2D eigenvalue weighted by Crippen LogP contribution is 2.40. The first-order chi connectivity index (χ1) is 27.0. The van der Waals surface area contributed by atoms with E-state index in [2.05, 4.69) is 27.3 Å². The van der Waals surface area contributed by atoms with Crippen molar-refractivity contribution in [3.63, 3.8) is 0 Å².